The molecule has 2 aliphatic heterocycles. The lowest BCUT2D eigenvalue weighted by atomic mass is 10.0. The molecule has 1 saturated heterocycles. The number of nitrogens with zero attached hydrogens (tertiary/aromatic N) is 6. The quantitative estimate of drug-likeness (QED) is 0.218. The minimum Gasteiger partial charge on any atom is -0.354 e. The van der Waals surface area contributed by atoms with E-state index in [4.69, 9.17) is 14.5 Å². The summed E-state index contributed by atoms with van der Waals surface area (Å²) in [5, 5.41) is 14.4. The topological polar surface area (TPSA) is 122 Å². The summed E-state index contributed by atoms with van der Waals surface area (Å²) >= 11 is 0. The van der Waals surface area contributed by atoms with Crippen LogP contribution in [0.2, 0.25) is 0 Å². The van der Waals surface area contributed by atoms with Crippen molar-refractivity contribution in [3.05, 3.63) is 83.8 Å². The molecule has 5 rings (SSSR count). The van der Waals surface area contributed by atoms with E-state index in [9.17, 15) is 10.1 Å². The number of amidine groups is 1. The van der Waals surface area contributed by atoms with E-state index in [1.54, 1.807) is 24.7 Å². The number of anilines is 1. The molecule has 202 valence electrons. The molecule has 4 atom stereocenters. The van der Waals surface area contributed by atoms with E-state index in [0.29, 0.717) is 25.4 Å². The van der Waals surface area contributed by atoms with Crippen molar-refractivity contribution in [2.24, 2.45) is 10.9 Å². The standard InChI is InChI=1S/C25H31N7O4.C2H4/c1-3-20-17(2)14-22(36-20)31-16-27-23-24(31)28-21(8-11-30-12-10-26-15-30)29-25(23)35-13-9-18-4-6-19(7-5-18)32(33)34;1-2/h4-7,10,12,15-17,20,22,25H,3,8-9,11,13-14H2,1-2H3,(H,28,29);1-2H2. The monoisotopic (exact) mass is 521 g/mol. The predicted octanol–water partition coefficient (Wildman–Crippen LogP) is 5.30. The number of non-ortho nitro benzene ring substituents is 1. The van der Waals surface area contributed by atoms with Gasteiger partial charge in [-0.05, 0) is 30.7 Å². The summed E-state index contributed by atoms with van der Waals surface area (Å²) in [6.45, 7) is 11.5. The number of fused-ring (bicyclic) bond motifs is 1. The Morgan fingerprint density at radius 3 is 2.68 bits per heavy atom. The van der Waals surface area contributed by atoms with Gasteiger partial charge in [-0.15, -0.1) is 13.2 Å². The number of aryl methyl sites for hydroxylation is 1. The molecular formula is C27H35N7O4. The number of ether oxygens (including phenoxy) is 2. The van der Waals surface area contributed by atoms with Crippen molar-refractivity contribution < 1.29 is 14.4 Å². The van der Waals surface area contributed by atoms with Crippen LogP contribution in [-0.4, -0.2) is 42.6 Å². The minimum atomic E-state index is -0.542. The molecule has 11 heteroatoms. The maximum absolute atomic E-state index is 10.9. The normalized spacial score (nSPS) is 22.1. The third-order valence-electron chi connectivity index (χ3n) is 6.82. The van der Waals surface area contributed by atoms with Crippen molar-refractivity contribution >= 4 is 17.3 Å². The molecule has 0 spiro atoms. The van der Waals surface area contributed by atoms with E-state index >= 15 is 0 Å². The molecule has 4 heterocycles. The maximum atomic E-state index is 10.9. The second kappa shape index (κ2) is 12.6. The van der Waals surface area contributed by atoms with Crippen LogP contribution in [0, 0.1) is 16.0 Å². The van der Waals surface area contributed by atoms with Crippen LogP contribution in [0.3, 0.4) is 0 Å². The highest BCUT2D eigenvalue weighted by atomic mass is 16.6. The van der Waals surface area contributed by atoms with Gasteiger partial charge in [-0.2, -0.15) is 0 Å². The van der Waals surface area contributed by atoms with Gasteiger partial charge in [-0.3, -0.25) is 14.7 Å². The zero-order valence-corrected chi connectivity index (χ0v) is 21.9. The number of aliphatic imine (C=N–C) groups is 1. The smallest absolute Gasteiger partial charge is 0.269 e. The zero-order valence-electron chi connectivity index (χ0n) is 21.9. The van der Waals surface area contributed by atoms with Crippen LogP contribution < -0.4 is 5.32 Å². The predicted molar refractivity (Wildman–Crippen MR) is 145 cm³/mol. The van der Waals surface area contributed by atoms with E-state index in [2.05, 4.69) is 46.9 Å². The van der Waals surface area contributed by atoms with Gasteiger partial charge < -0.3 is 19.4 Å². The summed E-state index contributed by atoms with van der Waals surface area (Å²) in [4.78, 5) is 24.1. The highest BCUT2D eigenvalue weighted by molar-refractivity contribution is 5.96. The Balaban J connectivity index is 0.00000164. The van der Waals surface area contributed by atoms with Crippen LogP contribution in [0.5, 0.6) is 0 Å². The van der Waals surface area contributed by atoms with E-state index in [-0.39, 0.29) is 18.0 Å². The summed E-state index contributed by atoms with van der Waals surface area (Å²) < 4.78 is 16.6. The van der Waals surface area contributed by atoms with Gasteiger partial charge in [-0.25, -0.2) is 15.0 Å². The molecular weight excluding hydrogens is 486 g/mol. The Morgan fingerprint density at radius 1 is 1.24 bits per heavy atom. The van der Waals surface area contributed by atoms with Crippen LogP contribution in [0.15, 0.2) is 67.5 Å². The van der Waals surface area contributed by atoms with Gasteiger partial charge in [0.2, 0.25) is 0 Å². The summed E-state index contributed by atoms with van der Waals surface area (Å²) in [5.41, 5.74) is 1.78. The highest BCUT2D eigenvalue weighted by Crippen LogP contribution is 2.39. The number of rotatable bonds is 10. The number of nitrogens with one attached hydrogen (secondary N) is 1. The largest absolute Gasteiger partial charge is 0.354 e. The number of imidazole rings is 2. The fraction of sp³-hybridized carbons (Fsp3) is 0.444. The second-order valence-electron chi connectivity index (χ2n) is 9.28. The van der Waals surface area contributed by atoms with Gasteiger partial charge in [0.25, 0.3) is 5.69 Å². The van der Waals surface area contributed by atoms with Crippen LogP contribution in [-0.2, 0) is 22.4 Å². The molecule has 11 nitrogen and oxygen atoms in total. The first-order valence-electron chi connectivity index (χ1n) is 12.9. The average Bonchev–Trinajstić information content (AvgIpc) is 3.69. The lowest BCUT2D eigenvalue weighted by Gasteiger charge is -2.25. The summed E-state index contributed by atoms with van der Waals surface area (Å²) in [5.74, 6) is 2.15. The first-order valence-corrected chi connectivity index (χ1v) is 12.9. The highest BCUT2D eigenvalue weighted by Gasteiger charge is 2.36. The molecule has 0 saturated carbocycles. The van der Waals surface area contributed by atoms with Crippen molar-refractivity contribution in [2.75, 3.05) is 11.9 Å². The van der Waals surface area contributed by atoms with Gasteiger partial charge in [0.15, 0.2) is 6.23 Å². The van der Waals surface area contributed by atoms with E-state index in [1.807, 2.05) is 17.1 Å². The SMILES string of the molecule is C=C.CCC1OC(n2cnc3c2NC(CCn2ccnc2)=NC3OCCc2ccc([N+](=O)[O-])cc2)CC1C. The Morgan fingerprint density at radius 2 is 2.03 bits per heavy atom. The van der Waals surface area contributed by atoms with E-state index in [1.165, 1.54) is 12.1 Å². The van der Waals surface area contributed by atoms with Gasteiger partial charge in [0, 0.05) is 37.5 Å². The summed E-state index contributed by atoms with van der Waals surface area (Å²) in [7, 11) is 0. The third kappa shape index (κ3) is 6.17. The summed E-state index contributed by atoms with van der Waals surface area (Å²) in [6, 6.07) is 6.54. The van der Waals surface area contributed by atoms with Crippen LogP contribution >= 0.6 is 0 Å². The minimum absolute atomic E-state index is 0.0779. The number of nitro benzene ring substituents is 1. The number of hydrogen-bond donors (Lipinski definition) is 1. The van der Waals surface area contributed by atoms with Crippen molar-refractivity contribution in [1.29, 1.82) is 0 Å². The molecule has 4 unspecified atom stereocenters. The van der Waals surface area contributed by atoms with Crippen LogP contribution in [0.4, 0.5) is 11.5 Å². The fourth-order valence-corrected chi connectivity index (χ4v) is 4.78. The molecule has 0 aliphatic carbocycles. The third-order valence-corrected chi connectivity index (χ3v) is 6.82. The molecule has 0 bridgehead atoms. The Labute approximate surface area is 222 Å². The van der Waals surface area contributed by atoms with Crippen molar-refractivity contribution in [1.82, 2.24) is 19.1 Å². The molecule has 2 aliphatic rings. The van der Waals surface area contributed by atoms with E-state index < -0.39 is 11.2 Å². The molecule has 1 N–H and O–H groups in total. The molecule has 38 heavy (non-hydrogen) atoms. The van der Waals surface area contributed by atoms with Crippen molar-refractivity contribution in [2.45, 2.75) is 64.6 Å². The number of aromatic nitrogens is 4. The van der Waals surface area contributed by atoms with Gasteiger partial charge >= 0.3 is 0 Å². The van der Waals surface area contributed by atoms with Crippen molar-refractivity contribution in [3.63, 3.8) is 0 Å². The maximum Gasteiger partial charge on any atom is 0.269 e. The fourth-order valence-electron chi connectivity index (χ4n) is 4.78. The zero-order chi connectivity index (χ0) is 27.1. The molecule has 2 aromatic heterocycles. The lowest BCUT2D eigenvalue weighted by molar-refractivity contribution is -0.384. The first-order chi connectivity index (χ1) is 18.5. The molecule has 1 fully saturated rings. The van der Waals surface area contributed by atoms with Crippen LogP contribution in [0.1, 0.15) is 56.8 Å². The Hall–Kier alpha value is -3.83. The van der Waals surface area contributed by atoms with E-state index in [0.717, 1.165) is 42.3 Å². The average molecular weight is 522 g/mol. The van der Waals surface area contributed by atoms with Gasteiger partial charge in [0.05, 0.1) is 30.3 Å². The number of nitro groups is 1. The second-order valence-corrected chi connectivity index (χ2v) is 9.28. The lowest BCUT2D eigenvalue weighted by Crippen LogP contribution is -2.26. The van der Waals surface area contributed by atoms with Gasteiger partial charge in [-0.1, -0.05) is 26.0 Å². The van der Waals surface area contributed by atoms with Crippen LogP contribution in [0.25, 0.3) is 0 Å². The molecule has 1 aromatic carbocycles. The summed E-state index contributed by atoms with van der Waals surface area (Å²) in [6.07, 6.45) is 10.1. The van der Waals surface area contributed by atoms with Gasteiger partial charge in [0.1, 0.15) is 23.6 Å². The molecule has 3 aromatic rings. The molecule has 0 amide bonds. The number of benzene rings is 1. The Bertz CT molecular complexity index is 1220. The number of hydrogen-bond acceptors (Lipinski definition) is 8. The Kier molecular flexibility index (Phi) is 9.03. The first kappa shape index (κ1) is 27.2. The molecule has 0 radical (unpaired) electrons. The van der Waals surface area contributed by atoms with Crippen molar-refractivity contribution in [3.8, 4) is 0 Å².